The third-order valence-corrected chi connectivity index (χ3v) is 6.83. The fourth-order valence-corrected chi connectivity index (χ4v) is 5.18. The number of ether oxygens (including phenoxy) is 5. The van der Waals surface area contributed by atoms with Gasteiger partial charge in [0.1, 0.15) is 6.61 Å². The van der Waals surface area contributed by atoms with Crippen molar-refractivity contribution in [3.63, 3.8) is 0 Å². The van der Waals surface area contributed by atoms with Gasteiger partial charge in [-0.25, -0.2) is 4.79 Å². The summed E-state index contributed by atoms with van der Waals surface area (Å²) in [6.45, 7) is 5.21. The number of amides is 3. The molecule has 2 aliphatic heterocycles. The first-order valence-electron chi connectivity index (χ1n) is 12.0. The van der Waals surface area contributed by atoms with Crippen molar-refractivity contribution in [2.75, 3.05) is 78.4 Å². The van der Waals surface area contributed by atoms with E-state index in [4.69, 9.17) is 30.1 Å². The first kappa shape index (κ1) is 28.7. The zero-order chi connectivity index (χ0) is 24.3. The number of hydrogen-bond acceptors (Lipinski definition) is 8. The summed E-state index contributed by atoms with van der Waals surface area (Å²) in [6, 6.07) is 0.431. The molecule has 0 unspecified atom stereocenters. The van der Waals surface area contributed by atoms with Crippen LogP contribution in [0, 0.1) is 12.3 Å². The number of carbonyl (C=O) groups excluding carboxylic acids is 2. The summed E-state index contributed by atoms with van der Waals surface area (Å²) in [6.07, 6.45) is 8.44. The van der Waals surface area contributed by atoms with Crippen LogP contribution in [-0.2, 0) is 28.5 Å². The molecule has 11 heteroatoms. The highest BCUT2D eigenvalue weighted by Gasteiger charge is 2.42. The summed E-state index contributed by atoms with van der Waals surface area (Å²) in [5, 5.41) is 9.27. The minimum absolute atomic E-state index is 0.0499. The average Bonchev–Trinajstić information content (AvgIpc) is 3.38. The Morgan fingerprint density at radius 1 is 0.941 bits per heavy atom. The third-order valence-electron chi connectivity index (χ3n) is 5.32. The van der Waals surface area contributed by atoms with Crippen LogP contribution >= 0.6 is 11.8 Å². The molecule has 10 nitrogen and oxygen atoms in total. The molecule has 3 N–H and O–H groups in total. The summed E-state index contributed by atoms with van der Waals surface area (Å²) in [5.41, 5.74) is 0. The summed E-state index contributed by atoms with van der Waals surface area (Å²) < 4.78 is 26.7. The monoisotopic (exact) mass is 501 g/mol. The van der Waals surface area contributed by atoms with Crippen LogP contribution < -0.4 is 16.0 Å². The molecule has 2 heterocycles. The number of urea groups is 1. The van der Waals surface area contributed by atoms with Crippen LogP contribution in [0.4, 0.5) is 4.79 Å². The first-order chi connectivity index (χ1) is 16.7. The van der Waals surface area contributed by atoms with Gasteiger partial charge in [0.2, 0.25) is 5.91 Å². The highest BCUT2D eigenvalue weighted by Crippen LogP contribution is 2.33. The molecule has 0 radical (unpaired) electrons. The number of thioether (sulfide) groups is 1. The fourth-order valence-electron chi connectivity index (χ4n) is 3.64. The minimum atomic E-state index is -0.0561. The molecule has 0 aromatic carbocycles. The van der Waals surface area contributed by atoms with Crippen molar-refractivity contribution in [1.82, 2.24) is 16.0 Å². The predicted octanol–water partition coefficient (Wildman–Crippen LogP) is 0.545. The Morgan fingerprint density at radius 2 is 1.56 bits per heavy atom. The van der Waals surface area contributed by atoms with Crippen LogP contribution in [-0.4, -0.2) is 108 Å². The van der Waals surface area contributed by atoms with Gasteiger partial charge in [-0.2, -0.15) is 11.8 Å². The lowest BCUT2D eigenvalue weighted by Gasteiger charge is -2.16. The van der Waals surface area contributed by atoms with Gasteiger partial charge < -0.3 is 39.6 Å². The van der Waals surface area contributed by atoms with Gasteiger partial charge in [-0.1, -0.05) is 12.3 Å². The number of carbonyl (C=O) groups is 2. The number of unbranched alkanes of at least 4 members (excludes halogenated alkanes) is 1. The van der Waals surface area contributed by atoms with Crippen molar-refractivity contribution < 1.29 is 33.3 Å². The Bertz CT molecular complexity index is 620. The van der Waals surface area contributed by atoms with Crippen molar-refractivity contribution in [2.45, 2.75) is 43.0 Å². The maximum atomic E-state index is 11.9. The quantitative estimate of drug-likeness (QED) is 0.119. The normalized spacial score (nSPS) is 21.0. The molecule has 3 amide bonds. The molecule has 2 fully saturated rings. The second-order valence-corrected chi connectivity index (χ2v) is 9.20. The maximum Gasteiger partial charge on any atom is 0.315 e. The van der Waals surface area contributed by atoms with Crippen LogP contribution in [0.2, 0.25) is 0 Å². The van der Waals surface area contributed by atoms with Gasteiger partial charge in [-0.15, -0.1) is 6.42 Å². The minimum Gasteiger partial charge on any atom is -0.377 e. The van der Waals surface area contributed by atoms with Crippen LogP contribution in [0.1, 0.15) is 25.7 Å². The average molecular weight is 502 g/mol. The fraction of sp³-hybridized carbons (Fsp3) is 0.826. The molecule has 0 aliphatic carbocycles. The largest absolute Gasteiger partial charge is 0.377 e. The van der Waals surface area contributed by atoms with E-state index in [1.54, 1.807) is 0 Å². The Labute approximate surface area is 206 Å². The van der Waals surface area contributed by atoms with Gasteiger partial charge in [0.15, 0.2) is 0 Å². The summed E-state index contributed by atoms with van der Waals surface area (Å²) in [7, 11) is 0. The van der Waals surface area contributed by atoms with E-state index in [1.165, 1.54) is 0 Å². The van der Waals surface area contributed by atoms with Gasteiger partial charge in [0.05, 0.1) is 71.5 Å². The van der Waals surface area contributed by atoms with Gasteiger partial charge in [-0.05, 0) is 12.8 Å². The van der Waals surface area contributed by atoms with Gasteiger partial charge in [0, 0.05) is 24.0 Å². The van der Waals surface area contributed by atoms with E-state index in [1.807, 2.05) is 11.8 Å². The third kappa shape index (κ3) is 12.8. The second-order valence-electron chi connectivity index (χ2n) is 7.92. The number of terminal acetylenes is 1. The molecule has 0 spiro atoms. The van der Waals surface area contributed by atoms with Crippen molar-refractivity contribution in [3.8, 4) is 12.3 Å². The van der Waals surface area contributed by atoms with Crippen LogP contribution in [0.5, 0.6) is 0 Å². The van der Waals surface area contributed by atoms with Crippen LogP contribution in [0.15, 0.2) is 0 Å². The van der Waals surface area contributed by atoms with Crippen LogP contribution in [0.25, 0.3) is 0 Å². The number of hydrogen-bond donors (Lipinski definition) is 3. The van der Waals surface area contributed by atoms with E-state index in [2.05, 4.69) is 21.9 Å². The summed E-state index contributed by atoms with van der Waals surface area (Å²) >= 11 is 1.90. The van der Waals surface area contributed by atoms with Crippen molar-refractivity contribution in [3.05, 3.63) is 0 Å². The van der Waals surface area contributed by atoms with Crippen LogP contribution in [0.3, 0.4) is 0 Å². The molecule has 0 saturated carbocycles. The Hall–Kier alpha value is -1.55. The SMILES string of the molecule is C#CCOCCOCCOCCOCCOCCNC(=O)CCCC[C@@H]1SC[C@@H]2NC(=O)N[C@@H]21. The first-order valence-corrected chi connectivity index (χ1v) is 13.0. The second kappa shape index (κ2) is 18.7. The topological polar surface area (TPSA) is 116 Å². The molecule has 2 saturated heterocycles. The molecule has 0 aromatic rings. The molecule has 2 aliphatic rings. The number of fused-ring (bicyclic) bond motifs is 1. The standard InChI is InChI=1S/C23H39N3O7S/c1-2-8-29-10-12-31-14-16-33-17-15-32-13-11-30-9-7-24-21(27)6-4-3-5-20-22-19(18-34-20)25-23(28)26-22/h1,19-20,22H,3-18H2,(H,24,27)(H2,25,26,28)/t19-,20-,22-/m0/s1. The predicted molar refractivity (Wildman–Crippen MR) is 130 cm³/mol. The number of nitrogens with one attached hydrogen (secondary N) is 3. The molecular weight excluding hydrogens is 462 g/mol. The Morgan fingerprint density at radius 3 is 2.21 bits per heavy atom. The summed E-state index contributed by atoms with van der Waals surface area (Å²) in [5.74, 6) is 3.41. The van der Waals surface area contributed by atoms with Gasteiger partial charge >= 0.3 is 6.03 Å². The van der Waals surface area contributed by atoms with E-state index in [0.717, 1.165) is 25.0 Å². The van der Waals surface area contributed by atoms with Crippen molar-refractivity contribution in [1.29, 1.82) is 0 Å². The smallest absolute Gasteiger partial charge is 0.315 e. The number of rotatable bonds is 21. The van der Waals surface area contributed by atoms with E-state index >= 15 is 0 Å². The Kier molecular flexibility index (Phi) is 15.8. The summed E-state index contributed by atoms with van der Waals surface area (Å²) in [4.78, 5) is 23.3. The molecule has 194 valence electrons. The zero-order valence-corrected chi connectivity index (χ0v) is 20.7. The van der Waals surface area contributed by atoms with Gasteiger partial charge in [-0.3, -0.25) is 4.79 Å². The molecule has 0 bridgehead atoms. The molecule has 0 aromatic heterocycles. The highest BCUT2D eigenvalue weighted by atomic mass is 32.2. The Balaban J connectivity index is 1.26. The molecule has 3 atom stereocenters. The lowest BCUT2D eigenvalue weighted by Crippen LogP contribution is -2.36. The highest BCUT2D eigenvalue weighted by molar-refractivity contribution is 8.00. The van der Waals surface area contributed by atoms with Crippen molar-refractivity contribution >= 4 is 23.7 Å². The van der Waals surface area contributed by atoms with E-state index in [9.17, 15) is 9.59 Å². The van der Waals surface area contributed by atoms with Gasteiger partial charge in [0.25, 0.3) is 0 Å². The molecular formula is C23H39N3O7S. The van der Waals surface area contributed by atoms with E-state index < -0.39 is 0 Å². The lowest BCUT2D eigenvalue weighted by atomic mass is 10.0. The molecule has 34 heavy (non-hydrogen) atoms. The van der Waals surface area contributed by atoms with E-state index in [-0.39, 0.29) is 24.0 Å². The maximum absolute atomic E-state index is 11.9. The lowest BCUT2D eigenvalue weighted by molar-refractivity contribution is -0.121. The van der Waals surface area contributed by atoms with Crippen molar-refractivity contribution in [2.24, 2.45) is 0 Å². The van der Waals surface area contributed by atoms with E-state index in [0.29, 0.717) is 84.3 Å². The molecule has 2 rings (SSSR count). The zero-order valence-electron chi connectivity index (χ0n) is 19.9.